The first kappa shape index (κ1) is 13.1. The Morgan fingerprint density at radius 2 is 2.00 bits per heavy atom. The van der Waals surface area contributed by atoms with E-state index in [1.54, 1.807) is 0 Å². The van der Waals surface area contributed by atoms with Crippen LogP contribution in [-0.2, 0) is 0 Å². The van der Waals surface area contributed by atoms with Crippen molar-refractivity contribution in [2.45, 2.75) is 19.8 Å². The number of hydrogen-bond acceptors (Lipinski definition) is 5. The summed E-state index contributed by atoms with van der Waals surface area (Å²) in [6, 6.07) is 0. The van der Waals surface area contributed by atoms with Gasteiger partial charge in [0.2, 0.25) is 5.13 Å². The maximum absolute atomic E-state index is 5.75. The molecule has 1 fully saturated rings. The molecule has 0 radical (unpaired) electrons. The number of anilines is 1. The van der Waals surface area contributed by atoms with E-state index < -0.39 is 0 Å². The standard InChI is InChI=1S/C11H19ClN4S/c1-9(2)10-13-11(17-14-10)16-7-5-15(4-3-12)6-8-16/h9H,3-8H2,1-2H3. The molecule has 0 N–H and O–H groups in total. The predicted octanol–water partition coefficient (Wildman–Crippen LogP) is 2.02. The highest BCUT2D eigenvalue weighted by Crippen LogP contribution is 2.22. The van der Waals surface area contributed by atoms with Gasteiger partial charge in [0.1, 0.15) is 5.82 Å². The first-order valence-electron chi connectivity index (χ1n) is 6.07. The van der Waals surface area contributed by atoms with Gasteiger partial charge in [0, 0.05) is 56.1 Å². The van der Waals surface area contributed by atoms with Crippen molar-refractivity contribution in [3.05, 3.63) is 5.82 Å². The molecule has 6 heteroatoms. The highest BCUT2D eigenvalue weighted by molar-refractivity contribution is 7.09. The first-order valence-corrected chi connectivity index (χ1v) is 7.38. The molecule has 0 aliphatic carbocycles. The largest absolute Gasteiger partial charge is 0.344 e. The zero-order valence-electron chi connectivity index (χ0n) is 10.4. The van der Waals surface area contributed by atoms with Gasteiger partial charge in [0.25, 0.3) is 0 Å². The van der Waals surface area contributed by atoms with Gasteiger partial charge in [-0.2, -0.15) is 4.37 Å². The van der Waals surface area contributed by atoms with Crippen molar-refractivity contribution < 1.29 is 0 Å². The summed E-state index contributed by atoms with van der Waals surface area (Å²) in [5, 5.41) is 1.07. The zero-order chi connectivity index (χ0) is 12.3. The van der Waals surface area contributed by atoms with E-state index in [0.717, 1.165) is 49.6 Å². The number of rotatable bonds is 4. The SMILES string of the molecule is CC(C)c1nsc(N2CCN(CCCl)CC2)n1. The van der Waals surface area contributed by atoms with Crippen LogP contribution in [-0.4, -0.2) is 52.9 Å². The van der Waals surface area contributed by atoms with Gasteiger partial charge in [-0.15, -0.1) is 11.6 Å². The topological polar surface area (TPSA) is 32.3 Å². The van der Waals surface area contributed by atoms with E-state index in [0.29, 0.717) is 5.92 Å². The smallest absolute Gasteiger partial charge is 0.205 e. The molecule has 0 unspecified atom stereocenters. The lowest BCUT2D eigenvalue weighted by Crippen LogP contribution is -2.46. The number of piperazine rings is 1. The summed E-state index contributed by atoms with van der Waals surface area (Å²) in [6.07, 6.45) is 0. The lowest BCUT2D eigenvalue weighted by Gasteiger charge is -2.33. The molecule has 0 saturated carbocycles. The van der Waals surface area contributed by atoms with Crippen molar-refractivity contribution in [1.29, 1.82) is 0 Å². The highest BCUT2D eigenvalue weighted by atomic mass is 35.5. The zero-order valence-corrected chi connectivity index (χ0v) is 12.0. The average Bonchev–Trinajstić information content (AvgIpc) is 2.80. The number of nitrogens with zero attached hydrogens (tertiary/aromatic N) is 4. The minimum absolute atomic E-state index is 0.414. The minimum atomic E-state index is 0.414. The Morgan fingerprint density at radius 3 is 2.53 bits per heavy atom. The molecule has 17 heavy (non-hydrogen) atoms. The second-order valence-corrected chi connectivity index (χ2v) is 5.72. The van der Waals surface area contributed by atoms with Crippen LogP contribution >= 0.6 is 23.1 Å². The molecule has 0 bridgehead atoms. The van der Waals surface area contributed by atoms with E-state index in [-0.39, 0.29) is 0 Å². The van der Waals surface area contributed by atoms with Gasteiger partial charge < -0.3 is 4.90 Å². The summed E-state index contributed by atoms with van der Waals surface area (Å²) in [5.41, 5.74) is 0. The number of hydrogen-bond donors (Lipinski definition) is 0. The van der Waals surface area contributed by atoms with Crippen molar-refractivity contribution in [1.82, 2.24) is 14.3 Å². The van der Waals surface area contributed by atoms with Crippen LogP contribution in [0, 0.1) is 0 Å². The molecule has 4 nitrogen and oxygen atoms in total. The van der Waals surface area contributed by atoms with Gasteiger partial charge in [-0.3, -0.25) is 4.90 Å². The Hall–Kier alpha value is -0.390. The summed E-state index contributed by atoms with van der Waals surface area (Å²) in [7, 11) is 0. The first-order chi connectivity index (χ1) is 8.20. The monoisotopic (exact) mass is 274 g/mol. The number of halogens is 1. The van der Waals surface area contributed by atoms with E-state index in [2.05, 4.69) is 33.0 Å². The molecule has 1 aliphatic heterocycles. The van der Waals surface area contributed by atoms with Gasteiger partial charge in [0.15, 0.2) is 0 Å². The Labute approximate surface area is 112 Å². The van der Waals surface area contributed by atoms with Crippen molar-refractivity contribution in [2.75, 3.05) is 43.5 Å². The van der Waals surface area contributed by atoms with E-state index in [4.69, 9.17) is 11.6 Å². The molecule has 2 rings (SSSR count). The molecule has 1 saturated heterocycles. The minimum Gasteiger partial charge on any atom is -0.344 e. The Balaban J connectivity index is 1.91. The summed E-state index contributed by atoms with van der Waals surface area (Å²) in [5.74, 6) is 2.10. The fourth-order valence-corrected chi connectivity index (χ4v) is 2.97. The fourth-order valence-electron chi connectivity index (χ4n) is 1.87. The van der Waals surface area contributed by atoms with Crippen LogP contribution in [0.1, 0.15) is 25.6 Å². The summed E-state index contributed by atoms with van der Waals surface area (Å²) in [4.78, 5) is 9.32. The molecular weight excluding hydrogens is 256 g/mol. The maximum Gasteiger partial charge on any atom is 0.205 e. The van der Waals surface area contributed by atoms with Crippen molar-refractivity contribution in [3.8, 4) is 0 Å². The van der Waals surface area contributed by atoms with Crippen LogP contribution in [0.4, 0.5) is 5.13 Å². The molecule has 0 spiro atoms. The molecule has 0 atom stereocenters. The van der Waals surface area contributed by atoms with Crippen molar-refractivity contribution in [2.24, 2.45) is 0 Å². The molecule has 0 amide bonds. The molecule has 1 aliphatic rings. The molecule has 1 aromatic heterocycles. The van der Waals surface area contributed by atoms with Crippen LogP contribution in [0.3, 0.4) is 0 Å². The van der Waals surface area contributed by atoms with Gasteiger partial charge >= 0.3 is 0 Å². The van der Waals surface area contributed by atoms with E-state index in [1.165, 1.54) is 11.5 Å². The van der Waals surface area contributed by atoms with E-state index in [1.807, 2.05) is 0 Å². The van der Waals surface area contributed by atoms with Crippen molar-refractivity contribution >= 4 is 28.3 Å². The van der Waals surface area contributed by atoms with Gasteiger partial charge in [-0.1, -0.05) is 13.8 Å². The highest BCUT2D eigenvalue weighted by Gasteiger charge is 2.20. The molecule has 2 heterocycles. The van der Waals surface area contributed by atoms with Crippen molar-refractivity contribution in [3.63, 3.8) is 0 Å². The normalized spacial score (nSPS) is 18.0. The van der Waals surface area contributed by atoms with Gasteiger partial charge in [-0.05, 0) is 0 Å². The van der Waals surface area contributed by atoms with Crippen LogP contribution in [0.15, 0.2) is 0 Å². The Bertz CT molecular complexity index is 347. The Morgan fingerprint density at radius 1 is 1.29 bits per heavy atom. The third-order valence-corrected chi connectivity index (χ3v) is 3.95. The summed E-state index contributed by atoms with van der Waals surface area (Å²) < 4.78 is 4.40. The molecule has 0 aromatic carbocycles. The third kappa shape index (κ3) is 3.30. The van der Waals surface area contributed by atoms with E-state index >= 15 is 0 Å². The number of aromatic nitrogens is 2. The Kier molecular flexibility index (Phi) is 4.59. The number of alkyl halides is 1. The lowest BCUT2D eigenvalue weighted by atomic mass is 10.2. The fraction of sp³-hybridized carbons (Fsp3) is 0.818. The lowest BCUT2D eigenvalue weighted by molar-refractivity contribution is 0.272. The molecule has 96 valence electrons. The molecule has 1 aromatic rings. The second kappa shape index (κ2) is 5.98. The maximum atomic E-state index is 5.75. The third-order valence-electron chi connectivity index (χ3n) is 2.99. The molecular formula is C11H19ClN4S. The second-order valence-electron chi connectivity index (χ2n) is 4.61. The van der Waals surface area contributed by atoms with Crippen LogP contribution in [0.25, 0.3) is 0 Å². The predicted molar refractivity (Wildman–Crippen MR) is 73.4 cm³/mol. The van der Waals surface area contributed by atoms with Crippen LogP contribution in [0.2, 0.25) is 0 Å². The van der Waals surface area contributed by atoms with Gasteiger partial charge in [0.05, 0.1) is 0 Å². The van der Waals surface area contributed by atoms with Gasteiger partial charge in [-0.25, -0.2) is 4.98 Å². The summed E-state index contributed by atoms with van der Waals surface area (Å²) in [6.45, 7) is 9.46. The summed E-state index contributed by atoms with van der Waals surface area (Å²) >= 11 is 7.27. The van der Waals surface area contributed by atoms with Crippen LogP contribution in [0.5, 0.6) is 0 Å². The average molecular weight is 275 g/mol. The van der Waals surface area contributed by atoms with E-state index in [9.17, 15) is 0 Å². The quantitative estimate of drug-likeness (QED) is 0.787. The van der Waals surface area contributed by atoms with Crippen LogP contribution < -0.4 is 4.90 Å².